The first kappa shape index (κ1) is 13.2. The molecule has 0 saturated heterocycles. The summed E-state index contributed by atoms with van der Waals surface area (Å²) in [6.45, 7) is 8.94. The van der Waals surface area contributed by atoms with E-state index >= 15 is 0 Å². The lowest BCUT2D eigenvalue weighted by Crippen LogP contribution is -2.33. The summed E-state index contributed by atoms with van der Waals surface area (Å²) in [5.74, 6) is 0.728. The van der Waals surface area contributed by atoms with Crippen molar-refractivity contribution in [1.29, 1.82) is 0 Å². The Bertz CT molecular complexity index is 330. The second-order valence-electron chi connectivity index (χ2n) is 4.90. The minimum atomic E-state index is 0.590. The van der Waals surface area contributed by atoms with E-state index in [0.717, 1.165) is 12.3 Å². The molecule has 0 radical (unpaired) electrons. The molecule has 0 heterocycles. The molecule has 1 aromatic rings. The Labute approximate surface area is 100 Å². The van der Waals surface area contributed by atoms with E-state index in [-0.39, 0.29) is 0 Å². The molecule has 0 amide bonds. The van der Waals surface area contributed by atoms with Crippen LogP contribution in [-0.2, 0) is 6.42 Å². The van der Waals surface area contributed by atoms with E-state index in [4.69, 9.17) is 0 Å². The van der Waals surface area contributed by atoms with E-state index in [0.29, 0.717) is 6.04 Å². The van der Waals surface area contributed by atoms with E-state index < -0.39 is 0 Å². The molecule has 1 N–H and O–H groups in total. The molecule has 0 aliphatic heterocycles. The van der Waals surface area contributed by atoms with E-state index in [9.17, 15) is 0 Å². The second kappa shape index (κ2) is 6.05. The fourth-order valence-corrected chi connectivity index (χ4v) is 2.06. The van der Waals surface area contributed by atoms with Crippen molar-refractivity contribution in [2.75, 3.05) is 7.05 Å². The van der Waals surface area contributed by atoms with E-state index in [2.05, 4.69) is 58.3 Å². The molecule has 90 valence electrons. The zero-order valence-electron chi connectivity index (χ0n) is 11.3. The minimum Gasteiger partial charge on any atom is -0.316 e. The van der Waals surface area contributed by atoms with Crippen molar-refractivity contribution in [2.24, 2.45) is 5.92 Å². The van der Waals surface area contributed by atoms with Gasteiger partial charge in [-0.25, -0.2) is 0 Å². The minimum absolute atomic E-state index is 0.590. The molecule has 0 aromatic heterocycles. The van der Waals surface area contributed by atoms with E-state index in [1.807, 2.05) is 0 Å². The van der Waals surface area contributed by atoms with Crippen molar-refractivity contribution >= 4 is 0 Å². The zero-order valence-corrected chi connectivity index (χ0v) is 11.3. The maximum Gasteiger partial charge on any atom is 0.0130 e. The largest absolute Gasteiger partial charge is 0.316 e. The lowest BCUT2D eigenvalue weighted by molar-refractivity contribution is 0.386. The number of nitrogens with one attached hydrogen (secondary N) is 1. The van der Waals surface area contributed by atoms with Crippen LogP contribution in [0.15, 0.2) is 18.2 Å². The third-order valence-corrected chi connectivity index (χ3v) is 3.73. The standard InChI is InChI=1S/C15H25N/c1-6-11(2)15(16-5)10-14-8-7-12(3)13(4)9-14/h7-9,11,15-16H,6,10H2,1-5H3. The molecule has 0 aliphatic rings. The van der Waals surface area contributed by atoms with Crippen molar-refractivity contribution in [2.45, 2.75) is 46.6 Å². The summed E-state index contributed by atoms with van der Waals surface area (Å²) in [6, 6.07) is 7.40. The Balaban J connectivity index is 2.74. The number of benzene rings is 1. The molecule has 1 aromatic carbocycles. The summed E-state index contributed by atoms with van der Waals surface area (Å²) in [5, 5.41) is 3.44. The molecule has 0 spiro atoms. The quantitative estimate of drug-likeness (QED) is 0.799. The van der Waals surface area contributed by atoms with Crippen LogP contribution in [0.3, 0.4) is 0 Å². The molecule has 0 fully saturated rings. The summed E-state index contributed by atoms with van der Waals surface area (Å²) >= 11 is 0. The summed E-state index contributed by atoms with van der Waals surface area (Å²) in [7, 11) is 2.07. The van der Waals surface area contributed by atoms with Crippen molar-refractivity contribution in [1.82, 2.24) is 5.32 Å². The molecule has 1 rings (SSSR count). The van der Waals surface area contributed by atoms with Gasteiger partial charge in [-0.15, -0.1) is 0 Å². The van der Waals surface area contributed by atoms with Crippen molar-refractivity contribution < 1.29 is 0 Å². The fraction of sp³-hybridized carbons (Fsp3) is 0.600. The topological polar surface area (TPSA) is 12.0 Å². The molecular formula is C15H25N. The Morgan fingerprint density at radius 1 is 1.19 bits per heavy atom. The normalized spacial score (nSPS) is 14.8. The maximum absolute atomic E-state index is 3.44. The van der Waals surface area contributed by atoms with Crippen LogP contribution in [0.1, 0.15) is 37.0 Å². The molecule has 0 aliphatic carbocycles. The number of aryl methyl sites for hydroxylation is 2. The van der Waals surface area contributed by atoms with E-state index in [1.54, 1.807) is 0 Å². The Hall–Kier alpha value is -0.820. The van der Waals surface area contributed by atoms with Crippen LogP contribution in [0, 0.1) is 19.8 Å². The average molecular weight is 219 g/mol. The number of hydrogen-bond donors (Lipinski definition) is 1. The summed E-state index contributed by atoms with van der Waals surface area (Å²) in [4.78, 5) is 0. The van der Waals surface area contributed by atoms with Gasteiger partial charge in [-0.2, -0.15) is 0 Å². The highest BCUT2D eigenvalue weighted by Gasteiger charge is 2.14. The molecule has 16 heavy (non-hydrogen) atoms. The first-order valence-corrected chi connectivity index (χ1v) is 6.31. The molecule has 0 bridgehead atoms. The van der Waals surface area contributed by atoms with Gasteiger partial charge >= 0.3 is 0 Å². The van der Waals surface area contributed by atoms with Crippen LogP contribution in [0.25, 0.3) is 0 Å². The summed E-state index contributed by atoms with van der Waals surface area (Å²) in [6.07, 6.45) is 2.36. The van der Waals surface area contributed by atoms with Crippen LogP contribution in [0.4, 0.5) is 0 Å². The van der Waals surface area contributed by atoms with Gasteiger partial charge in [0, 0.05) is 6.04 Å². The second-order valence-corrected chi connectivity index (χ2v) is 4.90. The first-order valence-electron chi connectivity index (χ1n) is 6.31. The highest BCUT2D eigenvalue weighted by molar-refractivity contribution is 5.30. The van der Waals surface area contributed by atoms with Gasteiger partial charge in [0.25, 0.3) is 0 Å². The molecular weight excluding hydrogens is 194 g/mol. The number of likely N-dealkylation sites (N-methyl/N-ethyl adjacent to an activating group) is 1. The van der Waals surface area contributed by atoms with Gasteiger partial charge in [0.1, 0.15) is 0 Å². The van der Waals surface area contributed by atoms with Crippen molar-refractivity contribution in [3.05, 3.63) is 34.9 Å². The third-order valence-electron chi connectivity index (χ3n) is 3.73. The Kier molecular flexibility index (Phi) is 5.01. The van der Waals surface area contributed by atoms with Crippen LogP contribution < -0.4 is 5.32 Å². The molecule has 2 atom stereocenters. The molecule has 2 unspecified atom stereocenters. The van der Waals surface area contributed by atoms with Crippen LogP contribution in [-0.4, -0.2) is 13.1 Å². The van der Waals surface area contributed by atoms with Gasteiger partial charge in [0.05, 0.1) is 0 Å². The van der Waals surface area contributed by atoms with Gasteiger partial charge in [-0.1, -0.05) is 38.5 Å². The zero-order chi connectivity index (χ0) is 12.1. The third kappa shape index (κ3) is 3.34. The molecule has 1 nitrogen and oxygen atoms in total. The SMILES string of the molecule is CCC(C)C(Cc1ccc(C)c(C)c1)NC. The predicted molar refractivity (Wildman–Crippen MR) is 71.9 cm³/mol. The van der Waals surface area contributed by atoms with Crippen LogP contribution >= 0.6 is 0 Å². The predicted octanol–water partition coefficient (Wildman–Crippen LogP) is 3.48. The van der Waals surface area contributed by atoms with Crippen molar-refractivity contribution in [3.63, 3.8) is 0 Å². The summed E-state index contributed by atoms with van der Waals surface area (Å²) < 4.78 is 0. The van der Waals surface area contributed by atoms with Crippen LogP contribution in [0.5, 0.6) is 0 Å². The van der Waals surface area contributed by atoms with E-state index in [1.165, 1.54) is 23.1 Å². The van der Waals surface area contributed by atoms with Crippen LogP contribution in [0.2, 0.25) is 0 Å². The number of hydrogen-bond acceptors (Lipinski definition) is 1. The van der Waals surface area contributed by atoms with Gasteiger partial charge in [0.15, 0.2) is 0 Å². The van der Waals surface area contributed by atoms with Gasteiger partial charge in [-0.05, 0) is 49.9 Å². The number of rotatable bonds is 5. The molecule has 1 heteroatoms. The monoisotopic (exact) mass is 219 g/mol. The fourth-order valence-electron chi connectivity index (χ4n) is 2.06. The lowest BCUT2D eigenvalue weighted by Gasteiger charge is -2.22. The summed E-state index contributed by atoms with van der Waals surface area (Å²) in [5.41, 5.74) is 4.23. The maximum atomic E-state index is 3.44. The van der Waals surface area contributed by atoms with Gasteiger partial charge in [-0.3, -0.25) is 0 Å². The lowest BCUT2D eigenvalue weighted by atomic mass is 9.92. The van der Waals surface area contributed by atoms with Gasteiger partial charge < -0.3 is 5.32 Å². The average Bonchev–Trinajstić information content (AvgIpc) is 2.29. The smallest absolute Gasteiger partial charge is 0.0130 e. The Morgan fingerprint density at radius 2 is 1.88 bits per heavy atom. The molecule has 0 saturated carbocycles. The van der Waals surface area contributed by atoms with Gasteiger partial charge in [0.2, 0.25) is 0 Å². The Morgan fingerprint density at radius 3 is 2.38 bits per heavy atom. The van der Waals surface area contributed by atoms with Crippen molar-refractivity contribution in [3.8, 4) is 0 Å². The first-order chi connectivity index (χ1) is 7.58. The highest BCUT2D eigenvalue weighted by atomic mass is 14.9. The highest BCUT2D eigenvalue weighted by Crippen LogP contribution is 2.16.